The Kier molecular flexibility index (Phi) is 6.66. The van der Waals surface area contributed by atoms with Crippen molar-refractivity contribution in [2.24, 2.45) is 22.4 Å². The average molecular weight is 522 g/mol. The van der Waals surface area contributed by atoms with Gasteiger partial charge in [0.25, 0.3) is 0 Å². The number of phenols is 1. The maximum absolute atomic E-state index is 12.6. The molecular weight excluding hydrogens is 491 g/mol. The van der Waals surface area contributed by atoms with Crippen LogP contribution in [0.2, 0.25) is 0 Å². The Balaban J connectivity index is 1.40. The van der Waals surface area contributed by atoms with Gasteiger partial charge in [0.1, 0.15) is 6.61 Å². The number of ether oxygens (including phenoxy) is 1. The first-order valence-corrected chi connectivity index (χ1v) is 13.0. The molecule has 2 fully saturated rings. The van der Waals surface area contributed by atoms with Gasteiger partial charge < -0.3 is 19.8 Å². The summed E-state index contributed by atoms with van der Waals surface area (Å²) in [5.74, 6) is 1.41. The number of aliphatic hydroxyl groups excluding tert-OH is 1. The number of aromatic hydroxyl groups is 1. The summed E-state index contributed by atoms with van der Waals surface area (Å²) in [6.07, 6.45) is 4.06. The third-order valence-electron chi connectivity index (χ3n) is 8.44. The number of alkyl halides is 3. The molecule has 2 aromatic rings. The van der Waals surface area contributed by atoms with E-state index in [0.29, 0.717) is 29.6 Å². The second kappa shape index (κ2) is 9.49. The lowest BCUT2D eigenvalue weighted by atomic mass is 9.55. The van der Waals surface area contributed by atoms with Gasteiger partial charge in [0.2, 0.25) is 0 Å². The molecule has 36 heavy (non-hydrogen) atoms. The predicted molar refractivity (Wildman–Crippen MR) is 131 cm³/mol. The Bertz CT molecular complexity index is 1150. The number of aliphatic hydroxyl groups is 1. The summed E-state index contributed by atoms with van der Waals surface area (Å²) >= 11 is -0.150. The molecule has 9 heteroatoms. The molecule has 0 saturated heterocycles. The van der Waals surface area contributed by atoms with Gasteiger partial charge in [-0.2, -0.15) is 13.2 Å². The van der Waals surface area contributed by atoms with Crippen molar-refractivity contribution in [3.8, 4) is 11.5 Å². The molecule has 0 radical (unpaired) electrons. The molecule has 1 unspecified atom stereocenters. The van der Waals surface area contributed by atoms with Gasteiger partial charge in [-0.25, -0.2) is 0 Å². The Labute approximate surface area is 212 Å². The zero-order valence-corrected chi connectivity index (χ0v) is 21.0. The van der Waals surface area contributed by atoms with Crippen molar-refractivity contribution in [1.29, 1.82) is 0 Å². The van der Waals surface area contributed by atoms with E-state index >= 15 is 0 Å². The summed E-state index contributed by atoms with van der Waals surface area (Å²) in [6, 6.07) is 9.63. The largest absolute Gasteiger partial charge is 0.504 e. The minimum atomic E-state index is -4.32. The Morgan fingerprint density at radius 1 is 1.14 bits per heavy atom. The van der Waals surface area contributed by atoms with Crippen LogP contribution < -0.4 is 4.74 Å². The van der Waals surface area contributed by atoms with Gasteiger partial charge in [-0.1, -0.05) is 24.2 Å². The third kappa shape index (κ3) is 4.67. The molecule has 2 aromatic carbocycles. The lowest BCUT2D eigenvalue weighted by molar-refractivity contribution is -0.0328. The second-order valence-electron chi connectivity index (χ2n) is 10.3. The smallest absolute Gasteiger partial charge is 0.446 e. The highest BCUT2D eigenvalue weighted by molar-refractivity contribution is 8.00. The molecular formula is C27H30F3NO4S. The lowest BCUT2D eigenvalue weighted by Gasteiger charge is -2.50. The number of oxime groups is 1. The van der Waals surface area contributed by atoms with Gasteiger partial charge in [-0.05, 0) is 102 Å². The molecule has 0 amide bonds. The van der Waals surface area contributed by atoms with Gasteiger partial charge in [-0.3, -0.25) is 0 Å². The van der Waals surface area contributed by atoms with E-state index in [1.54, 1.807) is 18.2 Å². The summed E-state index contributed by atoms with van der Waals surface area (Å²) < 4.78 is 43.1. The van der Waals surface area contributed by atoms with E-state index in [1.807, 2.05) is 6.07 Å². The van der Waals surface area contributed by atoms with Gasteiger partial charge in [0, 0.05) is 10.5 Å². The Morgan fingerprint density at radius 3 is 2.58 bits per heavy atom. The fraction of sp³-hybridized carbons (Fsp3) is 0.519. The number of thioether (sulfide) groups is 1. The molecule has 0 heterocycles. The number of phenolic OH excluding ortho intramolecular Hbond substituents is 1. The molecule has 5 nitrogen and oxygen atoms in total. The summed E-state index contributed by atoms with van der Waals surface area (Å²) in [7, 11) is 1.53. The highest BCUT2D eigenvalue weighted by Gasteiger charge is 2.55. The van der Waals surface area contributed by atoms with Gasteiger partial charge >= 0.3 is 5.51 Å². The first kappa shape index (κ1) is 25.3. The fourth-order valence-corrected chi connectivity index (χ4v) is 7.17. The van der Waals surface area contributed by atoms with E-state index in [9.17, 15) is 23.4 Å². The number of hydrogen-bond donors (Lipinski definition) is 2. The molecule has 2 saturated carbocycles. The summed E-state index contributed by atoms with van der Waals surface area (Å²) in [5, 5.41) is 25.7. The van der Waals surface area contributed by atoms with E-state index in [1.165, 1.54) is 19.2 Å². The van der Waals surface area contributed by atoms with Gasteiger partial charge in [0.15, 0.2) is 11.5 Å². The van der Waals surface area contributed by atoms with Crippen LogP contribution in [0.4, 0.5) is 13.2 Å². The van der Waals surface area contributed by atoms with Crippen LogP contribution in [0.1, 0.15) is 61.6 Å². The maximum Gasteiger partial charge on any atom is 0.446 e. The first-order valence-electron chi connectivity index (χ1n) is 12.2. The first-order chi connectivity index (χ1) is 17.1. The highest BCUT2D eigenvalue weighted by Crippen LogP contribution is 2.61. The molecule has 3 aliphatic rings. The summed E-state index contributed by atoms with van der Waals surface area (Å²) in [5.41, 5.74) is -1.06. The molecule has 3 aliphatic carbocycles. The fourth-order valence-electron chi connectivity index (χ4n) is 6.63. The summed E-state index contributed by atoms with van der Waals surface area (Å²) in [6.45, 7) is 2.32. The number of nitrogens with zero attached hydrogens (tertiary/aromatic N) is 1. The van der Waals surface area contributed by atoms with Crippen LogP contribution in [0.15, 0.2) is 46.4 Å². The quantitative estimate of drug-likeness (QED) is 0.342. The third-order valence-corrected chi connectivity index (χ3v) is 9.18. The topological polar surface area (TPSA) is 71.3 Å². The molecule has 5 rings (SSSR count). The van der Waals surface area contributed by atoms with Crippen LogP contribution in [-0.4, -0.2) is 34.6 Å². The van der Waals surface area contributed by atoms with Crippen LogP contribution in [-0.2, 0) is 11.4 Å². The SMILES string of the molecule is COc1cc2c(cc1O)C(=NOCc1ccc(SC(F)(F)F)cc1)C[C@@H]1[C@@H]2CC[C@]2(C)C(O)CC[C@@H]12. The molecule has 0 spiro atoms. The standard InChI is InChI=1S/C27H30F3NO4S/c1-26-10-9-17-18-13-24(34-2)23(32)12-20(18)22(11-19(17)21(26)7-8-25(26)33)31-35-14-15-3-5-16(6-4-15)36-27(28,29)30/h3-6,12-13,17,19,21,25,32-33H,7-11,14H2,1-2H3/t17-,19-,21+,25?,26+/m1/s1. The number of fused-ring (bicyclic) bond motifs is 5. The van der Waals surface area contributed by atoms with Crippen LogP contribution in [0.3, 0.4) is 0 Å². The summed E-state index contributed by atoms with van der Waals surface area (Å²) in [4.78, 5) is 5.81. The van der Waals surface area contributed by atoms with Crippen LogP contribution in [0.5, 0.6) is 11.5 Å². The lowest BCUT2D eigenvalue weighted by Crippen LogP contribution is -2.45. The minimum Gasteiger partial charge on any atom is -0.504 e. The Morgan fingerprint density at radius 2 is 1.89 bits per heavy atom. The van der Waals surface area contributed by atoms with Crippen molar-refractivity contribution in [2.75, 3.05) is 7.11 Å². The van der Waals surface area contributed by atoms with Gasteiger partial charge in [-0.15, -0.1) is 0 Å². The highest BCUT2D eigenvalue weighted by atomic mass is 32.2. The number of methoxy groups -OCH3 is 1. The molecule has 5 atom stereocenters. The van der Waals surface area contributed by atoms with E-state index in [2.05, 4.69) is 12.1 Å². The molecule has 2 N–H and O–H groups in total. The molecule has 0 bridgehead atoms. The van der Waals surface area contributed by atoms with E-state index in [-0.39, 0.29) is 46.5 Å². The van der Waals surface area contributed by atoms with E-state index in [4.69, 9.17) is 9.57 Å². The monoisotopic (exact) mass is 521 g/mol. The van der Waals surface area contributed by atoms with Crippen LogP contribution in [0.25, 0.3) is 0 Å². The molecule has 0 aliphatic heterocycles. The normalized spacial score (nSPS) is 30.4. The van der Waals surface area contributed by atoms with Crippen molar-refractivity contribution in [3.05, 3.63) is 53.1 Å². The van der Waals surface area contributed by atoms with E-state index < -0.39 is 5.51 Å². The second-order valence-corrected chi connectivity index (χ2v) is 11.5. The van der Waals surface area contributed by atoms with E-state index in [0.717, 1.165) is 42.5 Å². The number of hydrogen-bond acceptors (Lipinski definition) is 6. The number of benzene rings is 2. The van der Waals surface area contributed by atoms with Crippen molar-refractivity contribution < 1.29 is 33.0 Å². The van der Waals surface area contributed by atoms with Crippen molar-refractivity contribution >= 4 is 17.5 Å². The minimum absolute atomic E-state index is 0.0390. The zero-order valence-electron chi connectivity index (χ0n) is 20.2. The number of halogens is 3. The van der Waals surface area contributed by atoms with Crippen molar-refractivity contribution in [1.82, 2.24) is 0 Å². The zero-order chi connectivity index (χ0) is 25.7. The van der Waals surface area contributed by atoms with Gasteiger partial charge in [0.05, 0.1) is 18.9 Å². The van der Waals surface area contributed by atoms with Crippen molar-refractivity contribution in [2.45, 2.75) is 68.1 Å². The van der Waals surface area contributed by atoms with Crippen LogP contribution >= 0.6 is 11.8 Å². The average Bonchev–Trinajstić information content (AvgIpc) is 3.13. The molecule has 0 aromatic heterocycles. The maximum atomic E-state index is 12.6. The van der Waals surface area contributed by atoms with Crippen LogP contribution in [0, 0.1) is 17.3 Å². The predicted octanol–water partition coefficient (Wildman–Crippen LogP) is 6.61. The number of rotatable bonds is 5. The Hall–Kier alpha value is -2.39. The van der Waals surface area contributed by atoms with Crippen molar-refractivity contribution in [3.63, 3.8) is 0 Å². The molecule has 194 valence electrons.